The number of hydrogen-bond acceptors (Lipinski definition) is 1. The van der Waals surface area contributed by atoms with Gasteiger partial charge in [-0.3, -0.25) is 4.90 Å². The zero-order valence-electron chi connectivity index (χ0n) is 11.9. The van der Waals surface area contributed by atoms with Gasteiger partial charge in [0.1, 0.15) is 0 Å². The largest absolute Gasteiger partial charge is 0.293 e. The fourth-order valence-corrected chi connectivity index (χ4v) is 2.78. The van der Waals surface area contributed by atoms with Crippen LogP contribution in [0.15, 0.2) is 11.7 Å². The summed E-state index contributed by atoms with van der Waals surface area (Å²) >= 11 is 0. The third-order valence-electron chi connectivity index (χ3n) is 3.59. The molecule has 0 aromatic rings. The SMILES string of the molecule is CC.CC.CC[C@@]12CCCN1CC(=C(F)F)C2. The Labute approximate surface area is 105 Å². The maximum absolute atomic E-state index is 12.4. The fraction of sp³-hybridized carbons (Fsp3) is 0.857. The third kappa shape index (κ3) is 3.51. The summed E-state index contributed by atoms with van der Waals surface area (Å²) in [6, 6.07) is 0. The second kappa shape index (κ2) is 7.80. The minimum atomic E-state index is -1.44. The molecular formula is C14H27F2N. The Balaban J connectivity index is 0.000000581. The Morgan fingerprint density at radius 1 is 1.24 bits per heavy atom. The van der Waals surface area contributed by atoms with Crippen LogP contribution in [0, 0.1) is 0 Å². The average molecular weight is 247 g/mol. The maximum Gasteiger partial charge on any atom is 0.270 e. The van der Waals surface area contributed by atoms with E-state index in [1.807, 2.05) is 27.7 Å². The van der Waals surface area contributed by atoms with Gasteiger partial charge in [0.05, 0.1) is 0 Å². The van der Waals surface area contributed by atoms with Crippen LogP contribution < -0.4 is 0 Å². The van der Waals surface area contributed by atoms with Crippen LogP contribution in [0.5, 0.6) is 0 Å². The predicted molar refractivity (Wildman–Crippen MR) is 70.4 cm³/mol. The second-order valence-electron chi connectivity index (χ2n) is 4.14. The first kappa shape index (κ1) is 16.6. The molecule has 0 radical (unpaired) electrons. The summed E-state index contributed by atoms with van der Waals surface area (Å²) in [6.45, 7) is 11.6. The molecule has 17 heavy (non-hydrogen) atoms. The molecule has 2 heterocycles. The molecule has 2 rings (SSSR count). The third-order valence-corrected chi connectivity index (χ3v) is 3.59. The lowest BCUT2D eigenvalue weighted by Crippen LogP contribution is -2.37. The topological polar surface area (TPSA) is 3.24 Å². The first-order valence-electron chi connectivity index (χ1n) is 6.96. The van der Waals surface area contributed by atoms with Gasteiger partial charge in [-0.15, -0.1) is 0 Å². The zero-order valence-corrected chi connectivity index (χ0v) is 11.9. The maximum atomic E-state index is 12.4. The van der Waals surface area contributed by atoms with Crippen LogP contribution in [-0.2, 0) is 0 Å². The molecule has 0 spiro atoms. The van der Waals surface area contributed by atoms with Gasteiger partial charge in [0.2, 0.25) is 0 Å². The molecule has 0 aromatic carbocycles. The molecule has 0 unspecified atom stereocenters. The molecule has 102 valence electrons. The number of fused-ring (bicyclic) bond motifs is 1. The number of nitrogens with zero attached hydrogens (tertiary/aromatic N) is 1. The highest BCUT2D eigenvalue weighted by atomic mass is 19.3. The molecule has 0 aromatic heterocycles. The van der Waals surface area contributed by atoms with Crippen LogP contribution in [0.2, 0.25) is 0 Å². The molecule has 0 aliphatic carbocycles. The molecule has 1 atom stereocenters. The van der Waals surface area contributed by atoms with Gasteiger partial charge in [-0.25, -0.2) is 0 Å². The Morgan fingerprint density at radius 3 is 2.24 bits per heavy atom. The van der Waals surface area contributed by atoms with Crippen LogP contribution in [0.4, 0.5) is 8.78 Å². The fourth-order valence-electron chi connectivity index (χ4n) is 2.78. The summed E-state index contributed by atoms with van der Waals surface area (Å²) in [4.78, 5) is 2.24. The lowest BCUT2D eigenvalue weighted by atomic mass is 9.90. The predicted octanol–water partition coefficient (Wildman–Crippen LogP) is 4.84. The van der Waals surface area contributed by atoms with Crippen LogP contribution in [0.1, 0.15) is 60.3 Å². The lowest BCUT2D eigenvalue weighted by molar-refractivity contribution is 0.189. The molecule has 2 saturated heterocycles. The minimum absolute atomic E-state index is 0.0960. The van der Waals surface area contributed by atoms with Gasteiger partial charge in [-0.1, -0.05) is 34.6 Å². The smallest absolute Gasteiger partial charge is 0.270 e. The van der Waals surface area contributed by atoms with Crippen molar-refractivity contribution in [2.45, 2.75) is 65.8 Å². The van der Waals surface area contributed by atoms with Gasteiger partial charge in [-0.05, 0) is 32.2 Å². The van der Waals surface area contributed by atoms with E-state index in [-0.39, 0.29) is 5.54 Å². The lowest BCUT2D eigenvalue weighted by Gasteiger charge is -2.29. The minimum Gasteiger partial charge on any atom is -0.293 e. The molecular weight excluding hydrogens is 220 g/mol. The summed E-state index contributed by atoms with van der Waals surface area (Å²) in [6.07, 6.45) is 2.44. The van der Waals surface area contributed by atoms with Crippen molar-refractivity contribution in [2.75, 3.05) is 13.1 Å². The number of halogens is 2. The molecule has 2 fully saturated rings. The van der Waals surface area contributed by atoms with Crippen molar-refractivity contribution < 1.29 is 8.78 Å². The summed E-state index contributed by atoms with van der Waals surface area (Å²) in [5.74, 6) is 0. The van der Waals surface area contributed by atoms with E-state index in [4.69, 9.17) is 0 Å². The van der Waals surface area contributed by atoms with Crippen molar-refractivity contribution in [1.82, 2.24) is 4.90 Å². The van der Waals surface area contributed by atoms with Crippen molar-refractivity contribution in [2.24, 2.45) is 0 Å². The molecule has 2 aliphatic rings. The van der Waals surface area contributed by atoms with Gasteiger partial charge in [0.25, 0.3) is 6.08 Å². The van der Waals surface area contributed by atoms with Crippen molar-refractivity contribution in [3.8, 4) is 0 Å². The van der Waals surface area contributed by atoms with E-state index in [2.05, 4.69) is 11.8 Å². The summed E-state index contributed by atoms with van der Waals surface area (Å²) < 4.78 is 24.8. The molecule has 3 heteroatoms. The summed E-state index contributed by atoms with van der Waals surface area (Å²) in [5, 5.41) is 0. The van der Waals surface area contributed by atoms with E-state index in [0.29, 0.717) is 18.5 Å². The monoisotopic (exact) mass is 247 g/mol. The number of hydrogen-bond donors (Lipinski definition) is 0. The highest BCUT2D eigenvalue weighted by molar-refractivity contribution is 5.20. The van der Waals surface area contributed by atoms with E-state index in [1.165, 1.54) is 6.42 Å². The van der Waals surface area contributed by atoms with Gasteiger partial charge in [-0.2, -0.15) is 8.78 Å². The van der Waals surface area contributed by atoms with E-state index < -0.39 is 6.08 Å². The normalized spacial score (nSPS) is 26.6. The first-order valence-corrected chi connectivity index (χ1v) is 6.96. The molecule has 2 aliphatic heterocycles. The van der Waals surface area contributed by atoms with E-state index in [1.54, 1.807) is 0 Å². The zero-order chi connectivity index (χ0) is 13.5. The first-order chi connectivity index (χ1) is 8.18. The van der Waals surface area contributed by atoms with E-state index >= 15 is 0 Å². The molecule has 0 N–H and O–H groups in total. The van der Waals surface area contributed by atoms with Crippen molar-refractivity contribution >= 4 is 0 Å². The molecule has 0 saturated carbocycles. The highest BCUT2D eigenvalue weighted by Gasteiger charge is 2.45. The van der Waals surface area contributed by atoms with Crippen LogP contribution >= 0.6 is 0 Å². The van der Waals surface area contributed by atoms with E-state index in [0.717, 1.165) is 19.4 Å². The summed E-state index contributed by atoms with van der Waals surface area (Å²) in [5.41, 5.74) is 0.472. The standard InChI is InChI=1S/C10H15F2N.2C2H6/c1-2-10-4-3-5-13(10)7-8(6-10)9(11)12;2*1-2/h2-7H2,1H3;2*1-2H3/t10-;;/m0../s1. The van der Waals surface area contributed by atoms with Gasteiger partial charge in [0.15, 0.2) is 0 Å². The quantitative estimate of drug-likeness (QED) is 0.641. The van der Waals surface area contributed by atoms with Crippen LogP contribution in [0.25, 0.3) is 0 Å². The van der Waals surface area contributed by atoms with Crippen molar-refractivity contribution in [3.05, 3.63) is 11.7 Å². The van der Waals surface area contributed by atoms with Crippen molar-refractivity contribution in [1.29, 1.82) is 0 Å². The molecule has 1 nitrogen and oxygen atoms in total. The Hall–Kier alpha value is -0.440. The van der Waals surface area contributed by atoms with Crippen LogP contribution in [0.3, 0.4) is 0 Å². The van der Waals surface area contributed by atoms with Gasteiger partial charge < -0.3 is 0 Å². The van der Waals surface area contributed by atoms with Gasteiger partial charge in [0, 0.05) is 17.7 Å². The number of rotatable bonds is 1. The summed E-state index contributed by atoms with van der Waals surface area (Å²) in [7, 11) is 0. The van der Waals surface area contributed by atoms with Gasteiger partial charge >= 0.3 is 0 Å². The average Bonchev–Trinajstić information content (AvgIpc) is 2.90. The molecule has 0 amide bonds. The Bertz CT molecular complexity index is 247. The second-order valence-corrected chi connectivity index (χ2v) is 4.14. The Morgan fingerprint density at radius 2 is 1.82 bits per heavy atom. The van der Waals surface area contributed by atoms with Crippen LogP contribution in [-0.4, -0.2) is 23.5 Å². The molecule has 0 bridgehead atoms. The van der Waals surface area contributed by atoms with Crippen molar-refractivity contribution in [3.63, 3.8) is 0 Å². The Kier molecular flexibility index (Phi) is 7.60. The highest BCUT2D eigenvalue weighted by Crippen LogP contribution is 2.44. The van der Waals surface area contributed by atoms with E-state index in [9.17, 15) is 8.78 Å².